The van der Waals surface area contributed by atoms with Crippen LogP contribution in [0.2, 0.25) is 0 Å². The van der Waals surface area contributed by atoms with Gasteiger partial charge in [0, 0.05) is 24.0 Å². The van der Waals surface area contributed by atoms with E-state index in [4.69, 9.17) is 0 Å². The number of hydrogen-bond acceptors (Lipinski definition) is 4. The van der Waals surface area contributed by atoms with Gasteiger partial charge in [-0.3, -0.25) is 13.9 Å². The molecule has 0 radical (unpaired) electrons. The molecule has 1 atom stereocenters. The molecule has 230 valence electrons. The summed E-state index contributed by atoms with van der Waals surface area (Å²) in [6.07, 6.45) is 0.196. The van der Waals surface area contributed by atoms with Crippen LogP contribution in [0.25, 0.3) is 0 Å². The fourth-order valence-corrected chi connectivity index (χ4v) is 6.32. The van der Waals surface area contributed by atoms with E-state index in [2.05, 4.69) is 21.2 Å². The maximum absolute atomic E-state index is 14.4. The van der Waals surface area contributed by atoms with E-state index in [0.29, 0.717) is 12.1 Å². The van der Waals surface area contributed by atoms with Crippen molar-refractivity contribution in [3.63, 3.8) is 0 Å². The lowest BCUT2D eigenvalue weighted by Gasteiger charge is -2.34. The third-order valence-corrected chi connectivity index (χ3v) is 9.26. The van der Waals surface area contributed by atoms with E-state index in [9.17, 15) is 22.4 Å². The number of hydrogen-bond donors (Lipinski definition) is 1. The number of sulfonamides is 1. The maximum atomic E-state index is 14.4. The standard InChI is InChI=1S/C34H35BrFN3O4S/c1-25(2)22-37-34(41)32(21-26-9-5-3-6-10-26)38(23-27-13-17-29(36)18-14-27)33(40)24-39(30-19-15-28(35)16-20-30)44(42,43)31-11-7-4-8-12-31/h3-20,25,32H,21-24H2,1-2H3,(H,37,41)/t32-/m0/s1. The fourth-order valence-electron chi connectivity index (χ4n) is 4.62. The Hall–Kier alpha value is -4.02. The topological polar surface area (TPSA) is 86.8 Å². The Bertz CT molecular complexity index is 1640. The van der Waals surface area contributed by atoms with Crippen LogP contribution in [0.5, 0.6) is 0 Å². The highest BCUT2D eigenvalue weighted by Gasteiger charge is 2.34. The van der Waals surface area contributed by atoms with Crippen LogP contribution in [-0.4, -0.2) is 44.3 Å². The van der Waals surface area contributed by atoms with Crippen LogP contribution >= 0.6 is 15.9 Å². The van der Waals surface area contributed by atoms with Gasteiger partial charge in [0.05, 0.1) is 10.6 Å². The summed E-state index contributed by atoms with van der Waals surface area (Å²) in [7, 11) is -4.18. The van der Waals surface area contributed by atoms with E-state index in [1.165, 1.54) is 29.2 Å². The Labute approximate surface area is 266 Å². The molecule has 44 heavy (non-hydrogen) atoms. The minimum absolute atomic E-state index is 0.0244. The lowest BCUT2D eigenvalue weighted by atomic mass is 10.0. The zero-order chi connectivity index (χ0) is 31.7. The quantitative estimate of drug-likeness (QED) is 0.182. The normalized spacial score (nSPS) is 12.0. The Morgan fingerprint density at radius 2 is 1.41 bits per heavy atom. The molecule has 0 heterocycles. The van der Waals surface area contributed by atoms with Gasteiger partial charge in [-0.05, 0) is 65.6 Å². The van der Waals surface area contributed by atoms with Gasteiger partial charge < -0.3 is 10.2 Å². The average molecular weight is 681 g/mol. The van der Waals surface area contributed by atoms with Gasteiger partial charge in [0.1, 0.15) is 18.4 Å². The maximum Gasteiger partial charge on any atom is 0.264 e. The molecule has 0 unspecified atom stereocenters. The van der Waals surface area contributed by atoms with E-state index in [-0.39, 0.29) is 35.4 Å². The van der Waals surface area contributed by atoms with Gasteiger partial charge in [-0.25, -0.2) is 12.8 Å². The number of halogens is 2. The molecule has 0 aliphatic carbocycles. The molecule has 0 fully saturated rings. The number of benzene rings is 4. The molecule has 7 nitrogen and oxygen atoms in total. The number of rotatable bonds is 13. The van der Waals surface area contributed by atoms with E-state index >= 15 is 0 Å². The van der Waals surface area contributed by atoms with Crippen molar-refractivity contribution >= 4 is 43.5 Å². The zero-order valence-electron chi connectivity index (χ0n) is 24.6. The summed E-state index contributed by atoms with van der Waals surface area (Å²) in [5.41, 5.74) is 1.71. The predicted molar refractivity (Wildman–Crippen MR) is 174 cm³/mol. The molecular formula is C34H35BrFN3O4S. The second-order valence-electron chi connectivity index (χ2n) is 10.8. The summed E-state index contributed by atoms with van der Waals surface area (Å²) in [6.45, 7) is 3.74. The van der Waals surface area contributed by atoms with E-state index in [0.717, 1.165) is 14.3 Å². The Morgan fingerprint density at radius 3 is 2.00 bits per heavy atom. The van der Waals surface area contributed by atoms with Crippen molar-refractivity contribution in [1.29, 1.82) is 0 Å². The Morgan fingerprint density at radius 1 is 0.818 bits per heavy atom. The Kier molecular flexibility index (Phi) is 11.3. The van der Waals surface area contributed by atoms with Crippen LogP contribution in [0.15, 0.2) is 119 Å². The summed E-state index contributed by atoms with van der Waals surface area (Å²) in [5, 5.41) is 2.95. The molecule has 0 aromatic heterocycles. The molecule has 10 heteroatoms. The zero-order valence-corrected chi connectivity index (χ0v) is 27.0. The van der Waals surface area contributed by atoms with Crippen molar-refractivity contribution < 1.29 is 22.4 Å². The van der Waals surface area contributed by atoms with Crippen molar-refractivity contribution in [3.8, 4) is 0 Å². The SMILES string of the molecule is CC(C)CNC(=O)[C@H](Cc1ccccc1)N(Cc1ccc(F)cc1)C(=O)CN(c1ccc(Br)cc1)S(=O)(=O)c1ccccc1. The lowest BCUT2D eigenvalue weighted by Crippen LogP contribution is -2.53. The number of nitrogens with zero attached hydrogens (tertiary/aromatic N) is 2. The monoisotopic (exact) mass is 679 g/mol. The van der Waals surface area contributed by atoms with E-state index in [1.807, 2.05) is 44.2 Å². The molecule has 0 spiro atoms. The fraction of sp³-hybridized carbons (Fsp3) is 0.235. The first kappa shape index (κ1) is 32.9. The number of anilines is 1. The first-order valence-corrected chi connectivity index (χ1v) is 16.5. The molecule has 4 rings (SSSR count). The van der Waals surface area contributed by atoms with Crippen LogP contribution in [-0.2, 0) is 32.6 Å². The highest BCUT2D eigenvalue weighted by molar-refractivity contribution is 9.10. The first-order valence-electron chi connectivity index (χ1n) is 14.2. The van der Waals surface area contributed by atoms with Crippen molar-refractivity contribution in [2.24, 2.45) is 5.92 Å². The van der Waals surface area contributed by atoms with Gasteiger partial charge in [-0.15, -0.1) is 0 Å². The molecule has 0 aliphatic heterocycles. The van der Waals surface area contributed by atoms with Gasteiger partial charge >= 0.3 is 0 Å². The minimum atomic E-state index is -4.18. The molecule has 0 saturated heterocycles. The number of nitrogens with one attached hydrogen (secondary N) is 1. The van der Waals surface area contributed by atoms with Gasteiger partial charge in [0.2, 0.25) is 11.8 Å². The molecule has 4 aromatic rings. The van der Waals surface area contributed by atoms with Crippen molar-refractivity contribution in [2.75, 3.05) is 17.4 Å². The van der Waals surface area contributed by atoms with Gasteiger partial charge in [0.25, 0.3) is 10.0 Å². The lowest BCUT2D eigenvalue weighted by molar-refractivity contribution is -0.140. The van der Waals surface area contributed by atoms with Crippen LogP contribution < -0.4 is 9.62 Å². The average Bonchev–Trinajstić information content (AvgIpc) is 3.02. The number of carbonyl (C=O) groups is 2. The van der Waals surface area contributed by atoms with Crippen LogP contribution in [0.1, 0.15) is 25.0 Å². The van der Waals surface area contributed by atoms with Crippen LogP contribution in [0, 0.1) is 11.7 Å². The molecule has 0 aliphatic rings. The molecule has 2 amide bonds. The summed E-state index contributed by atoms with van der Waals surface area (Å²) in [5.74, 6) is -1.21. The smallest absolute Gasteiger partial charge is 0.264 e. The highest BCUT2D eigenvalue weighted by Crippen LogP contribution is 2.26. The van der Waals surface area contributed by atoms with Gasteiger partial charge in [0.15, 0.2) is 0 Å². The third-order valence-electron chi connectivity index (χ3n) is 6.95. The number of carbonyl (C=O) groups excluding carboxylic acids is 2. The Balaban J connectivity index is 1.78. The predicted octanol–water partition coefficient (Wildman–Crippen LogP) is 6.20. The molecule has 0 saturated carbocycles. The second-order valence-corrected chi connectivity index (χ2v) is 13.6. The van der Waals surface area contributed by atoms with Gasteiger partial charge in [-0.1, -0.05) is 90.4 Å². The van der Waals surface area contributed by atoms with E-state index < -0.39 is 34.3 Å². The van der Waals surface area contributed by atoms with Crippen molar-refractivity contribution in [1.82, 2.24) is 10.2 Å². The molecule has 0 bridgehead atoms. The largest absolute Gasteiger partial charge is 0.354 e. The first-order chi connectivity index (χ1) is 21.0. The summed E-state index contributed by atoms with van der Waals surface area (Å²) >= 11 is 3.38. The van der Waals surface area contributed by atoms with Crippen LogP contribution in [0.3, 0.4) is 0 Å². The van der Waals surface area contributed by atoms with Crippen molar-refractivity contribution in [2.45, 2.75) is 37.8 Å². The van der Waals surface area contributed by atoms with Crippen LogP contribution in [0.4, 0.5) is 10.1 Å². The minimum Gasteiger partial charge on any atom is -0.354 e. The van der Waals surface area contributed by atoms with Gasteiger partial charge in [-0.2, -0.15) is 0 Å². The molecular weight excluding hydrogens is 645 g/mol. The molecule has 4 aromatic carbocycles. The number of amides is 2. The molecule has 1 N–H and O–H groups in total. The summed E-state index contributed by atoms with van der Waals surface area (Å²) in [6, 6.07) is 28.5. The van der Waals surface area contributed by atoms with Crippen molar-refractivity contribution in [3.05, 3.63) is 131 Å². The summed E-state index contributed by atoms with van der Waals surface area (Å²) in [4.78, 5) is 29.5. The van der Waals surface area contributed by atoms with E-state index in [1.54, 1.807) is 54.6 Å². The highest BCUT2D eigenvalue weighted by atomic mass is 79.9. The summed E-state index contributed by atoms with van der Waals surface area (Å²) < 4.78 is 43.5. The third kappa shape index (κ3) is 8.76. The second kappa shape index (κ2) is 15.1.